The Morgan fingerprint density at radius 3 is 2.77 bits per heavy atom. The lowest BCUT2D eigenvalue weighted by Gasteiger charge is -2.23. The Balaban J connectivity index is 1.36. The van der Waals surface area contributed by atoms with Crippen LogP contribution in [0, 0.1) is 34.3 Å². The van der Waals surface area contributed by atoms with Crippen LogP contribution in [-0.2, 0) is 22.7 Å². The summed E-state index contributed by atoms with van der Waals surface area (Å²) < 4.78 is 43.1. The fourth-order valence-electron chi connectivity index (χ4n) is 6.77. The zero-order valence-corrected chi connectivity index (χ0v) is 25.9. The van der Waals surface area contributed by atoms with Gasteiger partial charge in [0.05, 0.1) is 35.4 Å². The molecule has 0 radical (unpaired) electrons. The summed E-state index contributed by atoms with van der Waals surface area (Å²) in [6.45, 7) is 8.05. The Morgan fingerprint density at radius 2 is 2.05 bits per heavy atom. The molecular formula is C31H31F2N7O3S. The monoisotopic (exact) mass is 619 g/mol. The Bertz CT molecular complexity index is 1920. The number of anilines is 2. The number of halogens is 2. The van der Waals surface area contributed by atoms with Crippen LogP contribution >= 0.6 is 11.3 Å². The lowest BCUT2D eigenvalue weighted by molar-refractivity contribution is 0.0636. The number of nitriles is 1. The summed E-state index contributed by atoms with van der Waals surface area (Å²) in [7, 11) is 4.14. The molecule has 2 fully saturated rings. The molecule has 2 aliphatic heterocycles. The average Bonchev–Trinajstić information content (AvgIpc) is 3.32. The predicted molar refractivity (Wildman–Crippen MR) is 162 cm³/mol. The third-order valence-corrected chi connectivity index (χ3v) is 9.65. The van der Waals surface area contributed by atoms with Crippen LogP contribution in [0.1, 0.15) is 43.9 Å². The van der Waals surface area contributed by atoms with E-state index in [1.165, 1.54) is 0 Å². The number of nitrogens with one attached hydrogen (secondary N) is 1. The normalized spacial score (nSPS) is 20.7. The molecule has 1 saturated carbocycles. The van der Waals surface area contributed by atoms with Crippen LogP contribution in [0.3, 0.4) is 0 Å². The van der Waals surface area contributed by atoms with Gasteiger partial charge in [-0.2, -0.15) is 5.26 Å². The molecular weight excluding hydrogens is 588 g/mol. The molecule has 4 aromatic rings. The molecule has 1 aliphatic carbocycles. The Morgan fingerprint density at radius 1 is 1.27 bits per heavy atom. The zero-order chi connectivity index (χ0) is 31.1. The summed E-state index contributed by atoms with van der Waals surface area (Å²) in [5, 5.41) is 13.5. The quantitative estimate of drug-likeness (QED) is 0.295. The number of hydrogen-bond acceptors (Lipinski definition) is 10. The van der Waals surface area contributed by atoms with Crippen LogP contribution in [0.15, 0.2) is 12.4 Å². The van der Waals surface area contributed by atoms with Gasteiger partial charge in [0.1, 0.15) is 22.2 Å². The van der Waals surface area contributed by atoms with E-state index in [-0.39, 0.29) is 56.1 Å². The van der Waals surface area contributed by atoms with Gasteiger partial charge in [-0.25, -0.2) is 23.5 Å². The Labute approximate surface area is 256 Å². The third-order valence-electron chi connectivity index (χ3n) is 8.54. The number of aromatic nitrogens is 3. The Kier molecular flexibility index (Phi) is 6.55. The summed E-state index contributed by atoms with van der Waals surface area (Å²) in [4.78, 5) is 30.6. The fourth-order valence-corrected chi connectivity index (χ4v) is 7.81. The van der Waals surface area contributed by atoms with E-state index in [1.54, 1.807) is 27.0 Å². The lowest BCUT2D eigenvalue weighted by Crippen LogP contribution is -2.31. The highest BCUT2D eigenvalue weighted by molar-refractivity contribution is 7.23. The molecule has 1 amide bonds. The van der Waals surface area contributed by atoms with Crippen molar-refractivity contribution >= 4 is 49.4 Å². The predicted octanol–water partition coefficient (Wildman–Crippen LogP) is 5.82. The first-order chi connectivity index (χ1) is 20.9. The number of pyridine rings is 1. The molecule has 0 bridgehead atoms. The van der Waals surface area contributed by atoms with Crippen LogP contribution in [0.5, 0.6) is 0 Å². The minimum Gasteiger partial charge on any atom is -0.444 e. The first kappa shape index (κ1) is 28.8. The van der Waals surface area contributed by atoms with Crippen molar-refractivity contribution < 1.29 is 23.0 Å². The van der Waals surface area contributed by atoms with Gasteiger partial charge in [-0.15, -0.1) is 11.3 Å². The molecule has 0 spiro atoms. The highest BCUT2D eigenvalue weighted by Gasteiger charge is 2.60. The highest BCUT2D eigenvalue weighted by atomic mass is 32.1. The molecule has 2 atom stereocenters. The second kappa shape index (κ2) is 10.0. The van der Waals surface area contributed by atoms with Crippen molar-refractivity contribution in [3.8, 4) is 17.3 Å². The van der Waals surface area contributed by atoms with E-state index >= 15 is 8.78 Å². The molecule has 10 nitrogen and oxygen atoms in total. The number of carbonyl (C=O) groups excluding carboxylic acids is 1. The van der Waals surface area contributed by atoms with Crippen molar-refractivity contribution in [2.75, 3.05) is 43.9 Å². The van der Waals surface area contributed by atoms with Gasteiger partial charge in [0, 0.05) is 47.6 Å². The number of ether oxygens (including phenoxy) is 2. The fraction of sp³-hybridized carbons (Fsp3) is 0.452. The molecule has 7 rings (SSSR count). The highest BCUT2D eigenvalue weighted by Crippen LogP contribution is 2.58. The van der Waals surface area contributed by atoms with E-state index in [1.807, 2.05) is 0 Å². The second-order valence-corrected chi connectivity index (χ2v) is 14.2. The SMILES string of the molecule is CN(C)C[C@@]12C[C@@H]1CN(c1ncc3c4c(c(-c5ncc(F)c6sc(NC(=O)OC(C)(C)C)c(C#N)c56)c(F)c3n1)COC4)C2. The number of hydrogen-bond donors (Lipinski definition) is 1. The molecule has 13 heteroatoms. The molecule has 3 aliphatic rings. The third kappa shape index (κ3) is 4.63. The van der Waals surface area contributed by atoms with Crippen molar-refractivity contribution in [2.24, 2.45) is 11.3 Å². The minimum atomic E-state index is -0.794. The maximum atomic E-state index is 16.8. The van der Waals surface area contributed by atoms with Crippen LogP contribution in [0.25, 0.3) is 32.2 Å². The molecule has 0 unspecified atom stereocenters. The van der Waals surface area contributed by atoms with Crippen LogP contribution in [-0.4, -0.2) is 65.3 Å². The van der Waals surface area contributed by atoms with Crippen molar-refractivity contribution in [2.45, 2.75) is 46.0 Å². The first-order valence-electron chi connectivity index (χ1n) is 14.4. The summed E-state index contributed by atoms with van der Waals surface area (Å²) in [5.41, 5.74) is 0.980. The molecule has 1 aromatic carbocycles. The van der Waals surface area contributed by atoms with Gasteiger partial charge in [0.2, 0.25) is 5.95 Å². The van der Waals surface area contributed by atoms with Gasteiger partial charge in [-0.3, -0.25) is 10.3 Å². The van der Waals surface area contributed by atoms with Crippen molar-refractivity contribution in [1.29, 1.82) is 5.26 Å². The van der Waals surface area contributed by atoms with Gasteiger partial charge in [0.15, 0.2) is 11.6 Å². The Hall–Kier alpha value is -3.99. The van der Waals surface area contributed by atoms with E-state index in [2.05, 4.69) is 45.2 Å². The number of carbonyl (C=O) groups is 1. The number of rotatable bonds is 5. The summed E-state index contributed by atoms with van der Waals surface area (Å²) >= 11 is 0.869. The van der Waals surface area contributed by atoms with Crippen molar-refractivity contribution in [1.82, 2.24) is 19.9 Å². The molecule has 1 saturated heterocycles. The van der Waals surface area contributed by atoms with E-state index in [4.69, 9.17) is 14.5 Å². The smallest absolute Gasteiger partial charge is 0.412 e. The van der Waals surface area contributed by atoms with E-state index in [9.17, 15) is 10.1 Å². The minimum absolute atomic E-state index is 0.0316. The van der Waals surface area contributed by atoms with Gasteiger partial charge < -0.3 is 19.3 Å². The molecule has 3 aromatic heterocycles. The van der Waals surface area contributed by atoms with Crippen molar-refractivity contribution in [3.63, 3.8) is 0 Å². The number of benzene rings is 1. The maximum absolute atomic E-state index is 16.8. The molecule has 5 heterocycles. The van der Waals surface area contributed by atoms with Gasteiger partial charge in [0.25, 0.3) is 0 Å². The number of thiophene rings is 1. The standard InChI is InChI=1S/C31H31F2N7O3S/c1-30(2,3)43-29(41)38-27-16(7-34)22-25(35-9-20(32)26(22)44-27)21-19-12-42-11-18(19)17-8-36-28(37-24(17)23(21)33)40-10-15-6-31(15,14-40)13-39(4)5/h8-9,15H,6,10-14H2,1-5H3,(H,38,41)/t15-,31-/m1/s1. The number of fused-ring (bicyclic) bond motifs is 5. The summed E-state index contributed by atoms with van der Waals surface area (Å²) in [6, 6.07) is 2.06. The largest absolute Gasteiger partial charge is 0.444 e. The zero-order valence-electron chi connectivity index (χ0n) is 25.0. The second-order valence-electron chi connectivity index (χ2n) is 13.2. The number of amides is 1. The van der Waals surface area contributed by atoms with E-state index in [0.717, 1.165) is 49.2 Å². The van der Waals surface area contributed by atoms with Crippen LogP contribution < -0.4 is 10.2 Å². The molecule has 44 heavy (non-hydrogen) atoms. The topological polar surface area (TPSA) is 116 Å². The van der Waals surface area contributed by atoms with E-state index < -0.39 is 23.3 Å². The summed E-state index contributed by atoms with van der Waals surface area (Å²) in [5.74, 6) is -0.320. The number of piperidine rings is 1. The first-order valence-corrected chi connectivity index (χ1v) is 15.2. The average molecular weight is 620 g/mol. The molecule has 228 valence electrons. The van der Waals surface area contributed by atoms with E-state index in [0.29, 0.717) is 22.8 Å². The van der Waals surface area contributed by atoms with Gasteiger partial charge in [-0.05, 0) is 58.3 Å². The van der Waals surface area contributed by atoms with Crippen LogP contribution in [0.2, 0.25) is 0 Å². The maximum Gasteiger partial charge on any atom is 0.412 e. The van der Waals surface area contributed by atoms with Gasteiger partial charge in [-0.1, -0.05) is 0 Å². The van der Waals surface area contributed by atoms with Gasteiger partial charge >= 0.3 is 6.09 Å². The van der Waals surface area contributed by atoms with Crippen molar-refractivity contribution in [3.05, 3.63) is 40.7 Å². The molecule has 1 N–H and O–H groups in total. The lowest BCUT2D eigenvalue weighted by atomic mass is 9.94. The van der Waals surface area contributed by atoms with Crippen LogP contribution in [0.4, 0.5) is 24.5 Å². The summed E-state index contributed by atoms with van der Waals surface area (Å²) in [6.07, 6.45) is 3.03. The number of nitrogens with zero attached hydrogens (tertiary/aromatic N) is 6.